The normalized spacial score (nSPS) is 17.8. The van der Waals surface area contributed by atoms with Crippen LogP contribution >= 0.6 is 0 Å². The number of hydrogen-bond donors (Lipinski definition) is 2. The number of nitrogens with one attached hydrogen (secondary N) is 1. The van der Waals surface area contributed by atoms with Gasteiger partial charge in [0.25, 0.3) is 0 Å². The van der Waals surface area contributed by atoms with E-state index in [2.05, 4.69) is 25.6 Å². The Morgan fingerprint density at radius 3 is 2.71 bits per heavy atom. The lowest BCUT2D eigenvalue weighted by molar-refractivity contribution is 0.236. The van der Waals surface area contributed by atoms with E-state index in [0.717, 1.165) is 12.1 Å². The third-order valence-corrected chi connectivity index (χ3v) is 5.91. The molecule has 2 atom stereocenters. The Morgan fingerprint density at radius 2 is 2.00 bits per heavy atom. The molecule has 2 aliphatic rings. The Hall–Kier alpha value is -4.35. The number of halogens is 3. The van der Waals surface area contributed by atoms with Crippen molar-refractivity contribution in [2.24, 2.45) is 10.7 Å². The van der Waals surface area contributed by atoms with E-state index in [4.69, 9.17) is 10.5 Å². The van der Waals surface area contributed by atoms with E-state index >= 15 is 0 Å². The molecule has 9 nitrogen and oxygen atoms in total. The lowest BCUT2D eigenvalue weighted by Gasteiger charge is -2.31. The lowest BCUT2D eigenvalue weighted by atomic mass is 10.00. The molecule has 4 heterocycles. The van der Waals surface area contributed by atoms with Crippen molar-refractivity contribution in [2.75, 3.05) is 7.11 Å². The summed E-state index contributed by atoms with van der Waals surface area (Å²) in [7, 11) is 1.34. The fourth-order valence-corrected chi connectivity index (χ4v) is 4.24. The topological polar surface area (TPSA) is 106 Å². The lowest BCUT2D eigenvalue weighted by Crippen LogP contribution is -2.37. The minimum Gasteiger partial charge on any atom is -0.479 e. The van der Waals surface area contributed by atoms with Crippen molar-refractivity contribution in [3.63, 3.8) is 0 Å². The average molecular weight is 482 g/mol. The van der Waals surface area contributed by atoms with Crippen molar-refractivity contribution in [1.29, 1.82) is 0 Å². The number of fused-ring (bicyclic) bond motifs is 1. The highest BCUT2D eigenvalue weighted by atomic mass is 19.2. The molecule has 0 fully saturated rings. The Morgan fingerprint density at radius 1 is 1.17 bits per heavy atom. The van der Waals surface area contributed by atoms with Crippen LogP contribution in [-0.4, -0.2) is 44.5 Å². The summed E-state index contributed by atoms with van der Waals surface area (Å²) in [5, 5.41) is 11.3. The summed E-state index contributed by atoms with van der Waals surface area (Å²) in [4.78, 5) is 10.5. The summed E-state index contributed by atoms with van der Waals surface area (Å²) in [5.41, 5.74) is 9.01. The summed E-state index contributed by atoms with van der Waals surface area (Å²) in [6, 6.07) is 4.52. The van der Waals surface area contributed by atoms with E-state index in [-0.39, 0.29) is 11.9 Å². The number of ether oxygens (including phenoxy) is 1. The molecule has 0 aliphatic carbocycles. The molecule has 2 aromatic heterocycles. The van der Waals surface area contributed by atoms with E-state index in [9.17, 15) is 13.2 Å². The van der Waals surface area contributed by atoms with Gasteiger partial charge in [0.05, 0.1) is 31.4 Å². The van der Waals surface area contributed by atoms with E-state index in [0.29, 0.717) is 40.3 Å². The predicted molar refractivity (Wildman–Crippen MR) is 121 cm³/mol. The van der Waals surface area contributed by atoms with E-state index < -0.39 is 23.6 Å². The van der Waals surface area contributed by atoms with Gasteiger partial charge in [-0.1, -0.05) is 12.1 Å². The van der Waals surface area contributed by atoms with E-state index in [1.165, 1.54) is 36.5 Å². The van der Waals surface area contributed by atoms with Crippen LogP contribution in [0.25, 0.3) is 11.3 Å². The Labute approximate surface area is 198 Å². The SMILES string of the molecule is CCC(c1cn(-c2ccc(F)c(F)c2)nn1)N1C=C(c2cnc(OC)c(F)c2)C2=C(N)NC=NC21. The molecule has 1 aromatic carbocycles. The van der Waals surface area contributed by atoms with Gasteiger partial charge >= 0.3 is 0 Å². The zero-order chi connectivity index (χ0) is 24.7. The van der Waals surface area contributed by atoms with Gasteiger partial charge in [-0.3, -0.25) is 0 Å². The average Bonchev–Trinajstić information content (AvgIpc) is 3.48. The van der Waals surface area contributed by atoms with Gasteiger partial charge < -0.3 is 20.7 Å². The summed E-state index contributed by atoms with van der Waals surface area (Å²) in [6.45, 7) is 1.97. The highest BCUT2D eigenvalue weighted by molar-refractivity contribution is 5.85. The highest BCUT2D eigenvalue weighted by Crippen LogP contribution is 2.42. The van der Waals surface area contributed by atoms with Crippen LogP contribution in [0, 0.1) is 17.5 Å². The van der Waals surface area contributed by atoms with Crippen LogP contribution in [0.15, 0.2) is 59.2 Å². The van der Waals surface area contributed by atoms with Crippen LogP contribution in [-0.2, 0) is 0 Å². The van der Waals surface area contributed by atoms with Gasteiger partial charge in [0.1, 0.15) is 11.5 Å². The molecule has 12 heteroatoms. The van der Waals surface area contributed by atoms with Crippen molar-refractivity contribution >= 4 is 11.9 Å². The summed E-state index contributed by atoms with van der Waals surface area (Å²) >= 11 is 0. The van der Waals surface area contributed by atoms with Gasteiger partial charge in [-0.05, 0) is 24.6 Å². The maximum atomic E-state index is 14.4. The molecule has 0 saturated carbocycles. The van der Waals surface area contributed by atoms with Crippen molar-refractivity contribution in [3.8, 4) is 11.6 Å². The Bertz CT molecular complexity index is 1380. The van der Waals surface area contributed by atoms with Gasteiger partial charge in [0.2, 0.25) is 5.88 Å². The molecule has 35 heavy (non-hydrogen) atoms. The molecule has 180 valence electrons. The predicted octanol–water partition coefficient (Wildman–Crippen LogP) is 3.02. The Kier molecular flexibility index (Phi) is 5.63. The van der Waals surface area contributed by atoms with Crippen LogP contribution in [0.5, 0.6) is 5.88 Å². The van der Waals surface area contributed by atoms with E-state index in [1.54, 1.807) is 6.20 Å². The summed E-state index contributed by atoms with van der Waals surface area (Å²) in [5.74, 6) is -2.25. The zero-order valence-electron chi connectivity index (χ0n) is 18.8. The largest absolute Gasteiger partial charge is 0.479 e. The third kappa shape index (κ3) is 3.86. The van der Waals surface area contributed by atoms with Gasteiger partial charge in [0.15, 0.2) is 23.6 Å². The molecule has 2 aliphatic heterocycles. The monoisotopic (exact) mass is 482 g/mol. The maximum Gasteiger partial charge on any atom is 0.250 e. The van der Waals surface area contributed by atoms with Crippen molar-refractivity contribution in [1.82, 2.24) is 30.2 Å². The van der Waals surface area contributed by atoms with Crippen molar-refractivity contribution < 1.29 is 17.9 Å². The van der Waals surface area contributed by atoms with Crippen LogP contribution in [0.3, 0.4) is 0 Å². The van der Waals surface area contributed by atoms with E-state index in [1.807, 2.05) is 18.0 Å². The first kappa shape index (κ1) is 22.4. The van der Waals surface area contributed by atoms with Gasteiger partial charge in [-0.2, -0.15) is 0 Å². The first-order chi connectivity index (χ1) is 16.9. The van der Waals surface area contributed by atoms with Crippen LogP contribution < -0.4 is 15.8 Å². The van der Waals surface area contributed by atoms with Crippen LogP contribution in [0.4, 0.5) is 13.2 Å². The van der Waals surface area contributed by atoms with Crippen LogP contribution in [0.1, 0.15) is 30.6 Å². The smallest absolute Gasteiger partial charge is 0.250 e. The molecule has 0 spiro atoms. The molecule has 0 saturated heterocycles. The minimum absolute atomic E-state index is 0.109. The number of aliphatic imine (C=N–C) groups is 1. The van der Waals surface area contributed by atoms with Crippen LogP contribution in [0.2, 0.25) is 0 Å². The molecule has 2 unspecified atom stereocenters. The number of hydrogen-bond acceptors (Lipinski definition) is 8. The summed E-state index contributed by atoms with van der Waals surface area (Å²) < 4.78 is 47.8. The molecular formula is C23H21F3N8O. The number of nitrogens with zero attached hydrogens (tertiary/aromatic N) is 6. The fraction of sp³-hybridized carbons (Fsp3) is 0.217. The Balaban J connectivity index is 1.54. The number of benzene rings is 1. The highest BCUT2D eigenvalue weighted by Gasteiger charge is 2.38. The molecule has 5 rings (SSSR count). The molecule has 3 N–H and O–H groups in total. The third-order valence-electron chi connectivity index (χ3n) is 5.91. The summed E-state index contributed by atoms with van der Waals surface area (Å²) in [6.07, 6.45) is 6.62. The van der Waals surface area contributed by atoms with Crippen molar-refractivity contribution in [2.45, 2.75) is 25.6 Å². The standard InChI is InChI=1S/C23H21F3N8O/c1-3-19(18-10-34(32-31-18)13-4-5-15(24)16(25)7-13)33-9-14(20-21(27)29-11-30-22(20)33)12-6-17(26)23(35-2)28-8-12/h4-11,19,22H,3,27H2,1-2H3,(H,29,30). The fourth-order valence-electron chi connectivity index (χ4n) is 4.24. The minimum atomic E-state index is -0.978. The van der Waals surface area contributed by atoms with Crippen molar-refractivity contribution in [3.05, 3.63) is 83.0 Å². The maximum absolute atomic E-state index is 14.4. The molecule has 0 amide bonds. The molecular weight excluding hydrogens is 461 g/mol. The van der Waals surface area contributed by atoms with Gasteiger partial charge in [0, 0.05) is 35.2 Å². The number of methoxy groups -OCH3 is 1. The number of nitrogens with two attached hydrogens (primary N) is 1. The molecule has 3 aromatic rings. The van der Waals surface area contributed by atoms with Gasteiger partial charge in [-0.25, -0.2) is 27.8 Å². The second-order valence-electron chi connectivity index (χ2n) is 7.94. The van der Waals surface area contributed by atoms with Gasteiger partial charge in [-0.15, -0.1) is 5.10 Å². The number of pyridine rings is 1. The quantitative estimate of drug-likeness (QED) is 0.556. The molecule has 0 radical (unpaired) electrons. The number of aromatic nitrogens is 4. The second-order valence-corrected chi connectivity index (χ2v) is 7.94. The first-order valence-corrected chi connectivity index (χ1v) is 10.8. The zero-order valence-corrected chi connectivity index (χ0v) is 18.8. The number of rotatable bonds is 6. The first-order valence-electron chi connectivity index (χ1n) is 10.8. The molecule has 0 bridgehead atoms. The second kappa shape index (κ2) is 8.78.